The molecule has 0 unspecified atom stereocenters. The van der Waals surface area contributed by atoms with Crippen LogP contribution in [0.5, 0.6) is 0 Å². The van der Waals surface area contributed by atoms with Crippen LogP contribution in [0.25, 0.3) is 0 Å². The maximum atomic E-state index is 2.25. The van der Waals surface area contributed by atoms with Gasteiger partial charge in [-0.05, 0) is 50.1 Å². The molecule has 0 saturated carbocycles. The van der Waals surface area contributed by atoms with Gasteiger partial charge in [0, 0.05) is 13.1 Å². The molecule has 1 aromatic heterocycles. The molecule has 0 aromatic carbocycles. The standard InChI is InChI=1S/C10H18N2S/c1-11(2)5-9-7-13-8-10(9)6-12(3)4/h7-8H,5-6H2,1-4H3. The molecule has 0 saturated heterocycles. The van der Waals surface area contributed by atoms with Gasteiger partial charge in [-0.15, -0.1) is 0 Å². The number of hydrogen-bond donors (Lipinski definition) is 0. The first-order chi connectivity index (χ1) is 6.09. The lowest BCUT2D eigenvalue weighted by Crippen LogP contribution is -2.15. The van der Waals surface area contributed by atoms with Crippen molar-refractivity contribution in [1.82, 2.24) is 9.80 Å². The van der Waals surface area contributed by atoms with Crippen LogP contribution in [-0.4, -0.2) is 38.0 Å². The summed E-state index contributed by atoms with van der Waals surface area (Å²) >= 11 is 1.80. The van der Waals surface area contributed by atoms with E-state index < -0.39 is 0 Å². The highest BCUT2D eigenvalue weighted by molar-refractivity contribution is 7.08. The Morgan fingerprint density at radius 3 is 1.62 bits per heavy atom. The summed E-state index contributed by atoms with van der Waals surface area (Å²) in [6, 6.07) is 0. The van der Waals surface area contributed by atoms with Crippen LogP contribution in [0.15, 0.2) is 10.8 Å². The molecule has 74 valence electrons. The molecule has 1 rings (SSSR count). The van der Waals surface area contributed by atoms with E-state index in [-0.39, 0.29) is 0 Å². The third-order valence-electron chi connectivity index (χ3n) is 1.81. The molecule has 0 bridgehead atoms. The Balaban J connectivity index is 2.65. The van der Waals surface area contributed by atoms with Crippen molar-refractivity contribution in [2.75, 3.05) is 28.2 Å². The van der Waals surface area contributed by atoms with Gasteiger partial charge >= 0.3 is 0 Å². The van der Waals surface area contributed by atoms with Crippen LogP contribution >= 0.6 is 11.3 Å². The summed E-state index contributed by atoms with van der Waals surface area (Å²) < 4.78 is 0. The van der Waals surface area contributed by atoms with Gasteiger partial charge in [0.2, 0.25) is 0 Å². The van der Waals surface area contributed by atoms with E-state index in [4.69, 9.17) is 0 Å². The van der Waals surface area contributed by atoms with E-state index in [1.807, 2.05) is 0 Å². The summed E-state index contributed by atoms with van der Waals surface area (Å²) in [5, 5.41) is 4.50. The number of hydrogen-bond acceptors (Lipinski definition) is 3. The summed E-state index contributed by atoms with van der Waals surface area (Å²) in [5.41, 5.74) is 2.92. The van der Waals surface area contributed by atoms with Crippen LogP contribution < -0.4 is 0 Å². The van der Waals surface area contributed by atoms with Crippen molar-refractivity contribution < 1.29 is 0 Å². The lowest BCUT2D eigenvalue weighted by atomic mass is 10.2. The van der Waals surface area contributed by atoms with Crippen molar-refractivity contribution in [3.8, 4) is 0 Å². The van der Waals surface area contributed by atoms with Crippen LogP contribution in [0.1, 0.15) is 11.1 Å². The zero-order valence-electron chi connectivity index (χ0n) is 8.87. The molecular formula is C10H18N2S. The molecular weight excluding hydrogens is 180 g/mol. The zero-order valence-corrected chi connectivity index (χ0v) is 9.69. The number of thiophene rings is 1. The van der Waals surface area contributed by atoms with Crippen LogP contribution in [0, 0.1) is 0 Å². The molecule has 0 aliphatic rings. The molecule has 0 atom stereocenters. The summed E-state index contributed by atoms with van der Waals surface area (Å²) in [6.45, 7) is 2.10. The van der Waals surface area contributed by atoms with Crippen molar-refractivity contribution >= 4 is 11.3 Å². The third-order valence-corrected chi connectivity index (χ3v) is 2.65. The minimum absolute atomic E-state index is 1.05. The third kappa shape index (κ3) is 3.46. The van der Waals surface area contributed by atoms with Gasteiger partial charge in [-0.1, -0.05) is 0 Å². The van der Waals surface area contributed by atoms with Crippen LogP contribution in [0.2, 0.25) is 0 Å². The minimum atomic E-state index is 1.05. The van der Waals surface area contributed by atoms with Gasteiger partial charge in [-0.3, -0.25) is 0 Å². The van der Waals surface area contributed by atoms with Crippen molar-refractivity contribution in [2.45, 2.75) is 13.1 Å². The Labute approximate surface area is 84.8 Å². The summed E-state index contributed by atoms with van der Waals surface area (Å²) in [7, 11) is 8.43. The lowest BCUT2D eigenvalue weighted by molar-refractivity contribution is 0.382. The Bertz CT molecular complexity index is 229. The van der Waals surface area contributed by atoms with Gasteiger partial charge in [0.25, 0.3) is 0 Å². The Morgan fingerprint density at radius 2 is 1.31 bits per heavy atom. The first-order valence-electron chi connectivity index (χ1n) is 4.43. The quantitative estimate of drug-likeness (QED) is 0.729. The summed E-state index contributed by atoms with van der Waals surface area (Å²) in [6.07, 6.45) is 0. The van der Waals surface area contributed by atoms with Crippen LogP contribution in [0.4, 0.5) is 0 Å². The van der Waals surface area contributed by atoms with Crippen molar-refractivity contribution in [2.24, 2.45) is 0 Å². The number of nitrogens with zero attached hydrogens (tertiary/aromatic N) is 2. The summed E-state index contributed by atoms with van der Waals surface area (Å²) in [4.78, 5) is 4.42. The molecule has 0 fully saturated rings. The molecule has 0 aliphatic heterocycles. The zero-order chi connectivity index (χ0) is 9.84. The highest BCUT2D eigenvalue weighted by Crippen LogP contribution is 2.17. The molecule has 3 heteroatoms. The Hall–Kier alpha value is -0.380. The first-order valence-corrected chi connectivity index (χ1v) is 5.37. The van der Waals surface area contributed by atoms with E-state index in [1.54, 1.807) is 11.3 Å². The second kappa shape index (κ2) is 4.74. The largest absolute Gasteiger partial charge is 0.305 e. The maximum absolute atomic E-state index is 2.25. The van der Waals surface area contributed by atoms with E-state index in [2.05, 4.69) is 48.8 Å². The summed E-state index contributed by atoms with van der Waals surface area (Å²) in [5.74, 6) is 0. The van der Waals surface area contributed by atoms with E-state index >= 15 is 0 Å². The molecule has 0 radical (unpaired) electrons. The highest BCUT2D eigenvalue weighted by atomic mass is 32.1. The van der Waals surface area contributed by atoms with Gasteiger partial charge < -0.3 is 9.80 Å². The predicted octanol–water partition coefficient (Wildman–Crippen LogP) is 1.87. The van der Waals surface area contributed by atoms with E-state index in [9.17, 15) is 0 Å². The molecule has 13 heavy (non-hydrogen) atoms. The monoisotopic (exact) mass is 198 g/mol. The van der Waals surface area contributed by atoms with Gasteiger partial charge in [0.1, 0.15) is 0 Å². The van der Waals surface area contributed by atoms with Gasteiger partial charge in [-0.25, -0.2) is 0 Å². The topological polar surface area (TPSA) is 6.48 Å². The molecule has 1 aromatic rings. The average Bonchev–Trinajstić information content (AvgIpc) is 2.34. The molecule has 0 spiro atoms. The van der Waals surface area contributed by atoms with Gasteiger partial charge in [0.05, 0.1) is 0 Å². The smallest absolute Gasteiger partial charge is 0.0239 e. The molecule has 0 amide bonds. The van der Waals surface area contributed by atoms with Gasteiger partial charge in [-0.2, -0.15) is 11.3 Å². The normalized spacial score (nSPS) is 11.5. The molecule has 0 aliphatic carbocycles. The molecule has 0 N–H and O–H groups in total. The van der Waals surface area contributed by atoms with Crippen molar-refractivity contribution in [1.29, 1.82) is 0 Å². The fraction of sp³-hybridized carbons (Fsp3) is 0.600. The van der Waals surface area contributed by atoms with E-state index in [0.29, 0.717) is 0 Å². The fourth-order valence-electron chi connectivity index (χ4n) is 1.31. The SMILES string of the molecule is CN(C)Cc1cscc1CN(C)C. The Morgan fingerprint density at radius 1 is 0.923 bits per heavy atom. The maximum Gasteiger partial charge on any atom is 0.0239 e. The molecule has 2 nitrogen and oxygen atoms in total. The van der Waals surface area contributed by atoms with Crippen molar-refractivity contribution in [3.05, 3.63) is 21.9 Å². The molecule has 1 heterocycles. The van der Waals surface area contributed by atoms with Gasteiger partial charge in [0.15, 0.2) is 0 Å². The highest BCUT2D eigenvalue weighted by Gasteiger charge is 2.05. The van der Waals surface area contributed by atoms with Crippen molar-refractivity contribution in [3.63, 3.8) is 0 Å². The minimum Gasteiger partial charge on any atom is -0.305 e. The van der Waals surface area contributed by atoms with Crippen LogP contribution in [0.3, 0.4) is 0 Å². The first kappa shape index (κ1) is 10.7. The predicted molar refractivity (Wildman–Crippen MR) is 59.1 cm³/mol. The van der Waals surface area contributed by atoms with Crippen LogP contribution in [-0.2, 0) is 13.1 Å². The fourth-order valence-corrected chi connectivity index (χ4v) is 2.16. The average molecular weight is 198 g/mol. The lowest BCUT2D eigenvalue weighted by Gasteiger charge is -2.13. The second-order valence-electron chi connectivity index (χ2n) is 3.90. The number of rotatable bonds is 4. The van der Waals surface area contributed by atoms with E-state index in [1.165, 1.54) is 11.1 Å². The Kier molecular flexibility index (Phi) is 3.90. The van der Waals surface area contributed by atoms with E-state index in [0.717, 1.165) is 13.1 Å². The second-order valence-corrected chi connectivity index (χ2v) is 4.64.